The van der Waals surface area contributed by atoms with Crippen molar-refractivity contribution in [2.75, 3.05) is 6.54 Å². The van der Waals surface area contributed by atoms with E-state index in [9.17, 15) is 4.79 Å². The topological polar surface area (TPSA) is 74.8 Å². The highest BCUT2D eigenvalue weighted by molar-refractivity contribution is 8.00. The molecule has 1 N–H and O–H groups in total. The highest BCUT2D eigenvalue weighted by Crippen LogP contribution is 2.32. The molecule has 0 saturated carbocycles. The highest BCUT2D eigenvalue weighted by Gasteiger charge is 2.30. The summed E-state index contributed by atoms with van der Waals surface area (Å²) in [6, 6.07) is 10.1. The molecule has 1 aliphatic heterocycles. The quantitative estimate of drug-likeness (QED) is 0.740. The minimum atomic E-state index is -0.108. The number of nitrogens with one attached hydrogen (secondary N) is 1. The van der Waals surface area contributed by atoms with Gasteiger partial charge < -0.3 is 9.88 Å². The Bertz CT molecular complexity index is 850. The molecular weight excluding hydrogens is 322 g/mol. The van der Waals surface area contributed by atoms with E-state index in [1.807, 2.05) is 23.1 Å². The Morgan fingerprint density at radius 1 is 1.21 bits per heavy atom. The third-order valence-corrected chi connectivity index (χ3v) is 5.39. The molecule has 0 bridgehead atoms. The second kappa shape index (κ2) is 6.60. The zero-order valence-electron chi connectivity index (χ0n) is 13.1. The molecule has 3 aromatic rings. The predicted molar refractivity (Wildman–Crippen MR) is 92.4 cm³/mol. The lowest BCUT2D eigenvalue weighted by Gasteiger charge is -2.31. The second-order valence-electron chi connectivity index (χ2n) is 5.77. The van der Waals surface area contributed by atoms with Gasteiger partial charge in [-0.25, -0.2) is 15.0 Å². The normalized spacial score (nSPS) is 18.2. The van der Waals surface area contributed by atoms with Crippen LogP contribution < -0.4 is 0 Å². The van der Waals surface area contributed by atoms with E-state index < -0.39 is 0 Å². The van der Waals surface area contributed by atoms with Gasteiger partial charge in [0.15, 0.2) is 5.65 Å². The zero-order valence-corrected chi connectivity index (χ0v) is 13.9. The van der Waals surface area contributed by atoms with Gasteiger partial charge in [-0.1, -0.05) is 42.1 Å². The first-order chi connectivity index (χ1) is 11.8. The standard InChI is InChI=1S/C17H17N5OS/c23-17-13(24-16-14-15(19-10-18-14)20-11-21-16)7-4-8-22(17)9-12-5-2-1-3-6-12/h1-3,5-6,10-11,13H,4,7-9H2,(H,18,19,20,21)/t13-/m1/s1. The molecule has 0 radical (unpaired) electrons. The number of hydrogen-bond donors (Lipinski definition) is 1. The lowest BCUT2D eigenvalue weighted by atomic mass is 10.1. The lowest BCUT2D eigenvalue weighted by Crippen LogP contribution is -2.42. The van der Waals surface area contributed by atoms with Crippen LogP contribution in [0.4, 0.5) is 0 Å². The van der Waals surface area contributed by atoms with Gasteiger partial charge in [0, 0.05) is 13.1 Å². The van der Waals surface area contributed by atoms with Crippen LogP contribution in [-0.2, 0) is 11.3 Å². The Labute approximate surface area is 143 Å². The molecule has 6 nitrogen and oxygen atoms in total. The smallest absolute Gasteiger partial charge is 0.236 e. The van der Waals surface area contributed by atoms with Crippen LogP contribution in [0, 0.1) is 0 Å². The zero-order chi connectivity index (χ0) is 16.4. The third kappa shape index (κ3) is 2.99. The Hall–Kier alpha value is -2.41. The van der Waals surface area contributed by atoms with Gasteiger partial charge in [-0.3, -0.25) is 4.79 Å². The fourth-order valence-corrected chi connectivity index (χ4v) is 4.12. The predicted octanol–water partition coefficient (Wildman–Crippen LogP) is 2.64. The van der Waals surface area contributed by atoms with Gasteiger partial charge in [-0.2, -0.15) is 0 Å². The summed E-state index contributed by atoms with van der Waals surface area (Å²) < 4.78 is 0. The molecule has 1 atom stereocenters. The number of rotatable bonds is 4. The number of carbonyl (C=O) groups excluding carboxylic acids is 1. The number of fused-ring (bicyclic) bond motifs is 1. The minimum absolute atomic E-state index is 0.108. The summed E-state index contributed by atoms with van der Waals surface area (Å²) in [7, 11) is 0. The SMILES string of the molecule is O=C1[C@H](Sc2ncnc3nc[nH]c23)CCCN1Cc1ccccc1. The monoisotopic (exact) mass is 339 g/mol. The van der Waals surface area contributed by atoms with E-state index in [0.717, 1.165) is 35.5 Å². The van der Waals surface area contributed by atoms with Crippen molar-refractivity contribution in [1.29, 1.82) is 0 Å². The number of amides is 1. The first-order valence-electron chi connectivity index (χ1n) is 7.95. The van der Waals surface area contributed by atoms with Crippen molar-refractivity contribution in [3.8, 4) is 0 Å². The third-order valence-electron chi connectivity index (χ3n) is 4.14. The van der Waals surface area contributed by atoms with Crippen molar-refractivity contribution in [3.05, 3.63) is 48.5 Å². The van der Waals surface area contributed by atoms with Crippen LogP contribution >= 0.6 is 11.8 Å². The van der Waals surface area contributed by atoms with E-state index in [2.05, 4.69) is 32.1 Å². The fourth-order valence-electron chi connectivity index (χ4n) is 2.94. The summed E-state index contributed by atoms with van der Waals surface area (Å²) in [5, 5.41) is 0.682. The van der Waals surface area contributed by atoms with Gasteiger partial charge in [0.05, 0.1) is 11.6 Å². The summed E-state index contributed by atoms with van der Waals surface area (Å²) in [5.41, 5.74) is 2.60. The number of likely N-dealkylation sites (tertiary alicyclic amines) is 1. The van der Waals surface area contributed by atoms with E-state index in [1.54, 1.807) is 6.33 Å². The van der Waals surface area contributed by atoms with Crippen molar-refractivity contribution in [1.82, 2.24) is 24.8 Å². The molecule has 1 aliphatic rings. The Morgan fingerprint density at radius 3 is 2.96 bits per heavy atom. The van der Waals surface area contributed by atoms with Crippen molar-refractivity contribution in [2.45, 2.75) is 29.7 Å². The molecule has 4 rings (SSSR count). The maximum Gasteiger partial charge on any atom is 0.236 e. The number of carbonyl (C=O) groups is 1. The summed E-state index contributed by atoms with van der Waals surface area (Å²) in [6.45, 7) is 1.48. The summed E-state index contributed by atoms with van der Waals surface area (Å²) in [6.07, 6.45) is 4.98. The van der Waals surface area contributed by atoms with Gasteiger partial charge in [0.1, 0.15) is 16.9 Å². The molecule has 0 spiro atoms. The molecule has 122 valence electrons. The van der Waals surface area contributed by atoms with Crippen LogP contribution in [0.15, 0.2) is 48.0 Å². The van der Waals surface area contributed by atoms with Crippen LogP contribution in [0.1, 0.15) is 18.4 Å². The highest BCUT2D eigenvalue weighted by atomic mass is 32.2. The van der Waals surface area contributed by atoms with Gasteiger partial charge >= 0.3 is 0 Å². The van der Waals surface area contributed by atoms with Crippen LogP contribution in [0.5, 0.6) is 0 Å². The Kier molecular flexibility index (Phi) is 4.17. The summed E-state index contributed by atoms with van der Waals surface area (Å²) >= 11 is 1.51. The van der Waals surface area contributed by atoms with Crippen LogP contribution in [-0.4, -0.2) is 42.5 Å². The average Bonchev–Trinajstić information content (AvgIpc) is 3.09. The van der Waals surface area contributed by atoms with Crippen molar-refractivity contribution < 1.29 is 4.79 Å². The molecule has 1 aromatic carbocycles. The largest absolute Gasteiger partial charge is 0.341 e. The number of H-pyrrole nitrogens is 1. The number of aromatic nitrogens is 4. The summed E-state index contributed by atoms with van der Waals surface area (Å²) in [5.74, 6) is 0.182. The number of piperidine rings is 1. The van der Waals surface area contributed by atoms with E-state index in [-0.39, 0.29) is 11.2 Å². The van der Waals surface area contributed by atoms with Crippen LogP contribution in [0.2, 0.25) is 0 Å². The molecule has 1 saturated heterocycles. The number of aromatic amines is 1. The maximum atomic E-state index is 12.8. The number of imidazole rings is 1. The molecule has 1 amide bonds. The maximum absolute atomic E-state index is 12.8. The minimum Gasteiger partial charge on any atom is -0.341 e. The molecule has 7 heteroatoms. The van der Waals surface area contributed by atoms with Gasteiger partial charge in [-0.05, 0) is 18.4 Å². The summed E-state index contributed by atoms with van der Waals surface area (Å²) in [4.78, 5) is 30.4. The first-order valence-corrected chi connectivity index (χ1v) is 8.82. The van der Waals surface area contributed by atoms with Crippen LogP contribution in [0.3, 0.4) is 0 Å². The molecule has 1 fully saturated rings. The van der Waals surface area contributed by atoms with E-state index in [1.165, 1.54) is 18.1 Å². The first kappa shape index (κ1) is 15.1. The molecule has 0 unspecified atom stereocenters. The van der Waals surface area contributed by atoms with Crippen molar-refractivity contribution in [3.63, 3.8) is 0 Å². The number of thioether (sulfide) groups is 1. The van der Waals surface area contributed by atoms with Crippen molar-refractivity contribution in [2.24, 2.45) is 0 Å². The van der Waals surface area contributed by atoms with E-state index >= 15 is 0 Å². The molecule has 2 aromatic heterocycles. The average molecular weight is 339 g/mol. The van der Waals surface area contributed by atoms with Crippen LogP contribution in [0.25, 0.3) is 11.2 Å². The van der Waals surface area contributed by atoms with E-state index in [0.29, 0.717) is 12.2 Å². The molecular formula is C17H17N5OS. The molecule has 3 heterocycles. The Balaban J connectivity index is 1.51. The molecule has 0 aliphatic carbocycles. The molecule has 24 heavy (non-hydrogen) atoms. The number of hydrogen-bond acceptors (Lipinski definition) is 5. The number of nitrogens with zero attached hydrogens (tertiary/aromatic N) is 4. The van der Waals surface area contributed by atoms with Gasteiger partial charge in [0.2, 0.25) is 5.91 Å². The number of benzene rings is 1. The van der Waals surface area contributed by atoms with Gasteiger partial charge in [-0.15, -0.1) is 0 Å². The van der Waals surface area contributed by atoms with E-state index in [4.69, 9.17) is 0 Å². The lowest BCUT2D eigenvalue weighted by molar-refractivity contribution is -0.133. The fraction of sp³-hybridized carbons (Fsp3) is 0.294. The van der Waals surface area contributed by atoms with Gasteiger partial charge in [0.25, 0.3) is 0 Å². The second-order valence-corrected chi connectivity index (χ2v) is 6.97. The Morgan fingerprint density at radius 2 is 2.08 bits per heavy atom. The van der Waals surface area contributed by atoms with Crippen molar-refractivity contribution >= 4 is 28.8 Å².